The number of aromatic nitrogens is 2. The molecule has 0 atom stereocenters. The number of benzene rings is 2. The molecule has 0 radical (unpaired) electrons. The number of piperidine rings is 1. The third-order valence-electron chi connectivity index (χ3n) is 5.57. The number of hydrogen-bond acceptors (Lipinski definition) is 4. The van der Waals surface area contributed by atoms with E-state index in [4.69, 9.17) is 4.74 Å². The van der Waals surface area contributed by atoms with Crippen molar-refractivity contribution >= 4 is 47.4 Å². The van der Waals surface area contributed by atoms with Crippen LogP contribution in [0.3, 0.4) is 0 Å². The van der Waals surface area contributed by atoms with Crippen LogP contribution < -0.4 is 10.6 Å². The molecule has 4 rings (SSSR count). The Morgan fingerprint density at radius 2 is 1.94 bits per heavy atom. The summed E-state index contributed by atoms with van der Waals surface area (Å²) >= 11 is 0. The van der Waals surface area contributed by atoms with Crippen LogP contribution in [0.1, 0.15) is 24.2 Å². The molecule has 0 saturated carbocycles. The van der Waals surface area contributed by atoms with E-state index in [9.17, 15) is 9.18 Å². The number of halogens is 3. The zero-order valence-electron chi connectivity index (χ0n) is 17.2. The molecule has 168 valence electrons. The Hall–Kier alpha value is -2.19. The van der Waals surface area contributed by atoms with Crippen LogP contribution in [-0.2, 0) is 16.0 Å². The van der Waals surface area contributed by atoms with Gasteiger partial charge in [0.25, 0.3) is 0 Å². The summed E-state index contributed by atoms with van der Waals surface area (Å²) in [5.41, 5.74) is 2.37. The van der Waals surface area contributed by atoms with Gasteiger partial charge in [0.2, 0.25) is 5.91 Å². The molecule has 1 aliphatic rings. The summed E-state index contributed by atoms with van der Waals surface area (Å²) in [5, 5.41) is 6.33. The fourth-order valence-corrected chi connectivity index (χ4v) is 3.93. The average Bonchev–Trinajstić information content (AvgIpc) is 3.12. The van der Waals surface area contributed by atoms with Gasteiger partial charge in [-0.2, -0.15) is 0 Å². The summed E-state index contributed by atoms with van der Waals surface area (Å²) in [6, 6.07) is 12.3. The fraction of sp³-hybridized carbons (Fsp3) is 0.364. The molecule has 31 heavy (non-hydrogen) atoms. The van der Waals surface area contributed by atoms with Crippen LogP contribution in [0.2, 0.25) is 0 Å². The third-order valence-corrected chi connectivity index (χ3v) is 5.57. The first-order valence-electron chi connectivity index (χ1n) is 9.83. The molecular formula is C22H27Cl2FN4O2. The van der Waals surface area contributed by atoms with Gasteiger partial charge in [0.15, 0.2) is 0 Å². The number of amides is 1. The summed E-state index contributed by atoms with van der Waals surface area (Å²) in [6.45, 7) is 2.01. The van der Waals surface area contributed by atoms with Crippen LogP contribution in [0.5, 0.6) is 0 Å². The average molecular weight is 469 g/mol. The van der Waals surface area contributed by atoms with E-state index < -0.39 is 5.41 Å². The highest BCUT2D eigenvalue weighted by atomic mass is 35.5. The number of methoxy groups -OCH3 is 1. The summed E-state index contributed by atoms with van der Waals surface area (Å²) < 4.78 is 19.3. The van der Waals surface area contributed by atoms with Crippen LogP contribution in [0.4, 0.5) is 10.1 Å². The number of carbonyl (C=O) groups excluding carboxylic acids is 1. The van der Waals surface area contributed by atoms with Gasteiger partial charge >= 0.3 is 0 Å². The number of fused-ring (bicyclic) bond motifs is 1. The van der Waals surface area contributed by atoms with Crippen molar-refractivity contribution in [3.63, 3.8) is 0 Å². The number of H-pyrrole nitrogens is 1. The number of anilines is 1. The fourth-order valence-electron chi connectivity index (χ4n) is 3.93. The standard InChI is InChI=1S/C22H25FN4O2.2ClH/c1-29-14-22(8-10-24-11-9-22)21(28)25-16-6-7-18-19(13-16)27-20(26-18)12-15-4-2-3-5-17(15)23;;/h2-7,13,24H,8-12,14H2,1H3,(H,25,28)(H,26,27);2*1H. The molecule has 0 unspecified atom stereocenters. The lowest BCUT2D eigenvalue weighted by atomic mass is 9.78. The highest BCUT2D eigenvalue weighted by Gasteiger charge is 2.39. The molecule has 1 aromatic heterocycles. The van der Waals surface area contributed by atoms with E-state index in [0.29, 0.717) is 30.1 Å². The maximum atomic E-state index is 13.9. The van der Waals surface area contributed by atoms with Gasteiger partial charge in [-0.25, -0.2) is 9.37 Å². The summed E-state index contributed by atoms with van der Waals surface area (Å²) in [5.74, 6) is 0.417. The van der Waals surface area contributed by atoms with Gasteiger partial charge in [0.1, 0.15) is 11.6 Å². The van der Waals surface area contributed by atoms with Crippen LogP contribution in [0, 0.1) is 11.2 Å². The number of nitrogens with one attached hydrogen (secondary N) is 3. The summed E-state index contributed by atoms with van der Waals surface area (Å²) in [4.78, 5) is 20.8. The normalized spacial score (nSPS) is 15.0. The molecule has 0 bridgehead atoms. The zero-order valence-corrected chi connectivity index (χ0v) is 18.9. The lowest BCUT2D eigenvalue weighted by Gasteiger charge is -2.35. The maximum absolute atomic E-state index is 13.9. The van der Waals surface area contributed by atoms with Crippen molar-refractivity contribution in [2.24, 2.45) is 5.41 Å². The van der Waals surface area contributed by atoms with Gasteiger partial charge in [-0.15, -0.1) is 24.8 Å². The van der Waals surface area contributed by atoms with Crippen molar-refractivity contribution in [1.29, 1.82) is 0 Å². The monoisotopic (exact) mass is 468 g/mol. The molecule has 0 spiro atoms. The van der Waals surface area contributed by atoms with Crippen molar-refractivity contribution in [2.45, 2.75) is 19.3 Å². The topological polar surface area (TPSA) is 79.0 Å². The molecule has 1 saturated heterocycles. The van der Waals surface area contributed by atoms with Gasteiger partial charge in [-0.1, -0.05) is 18.2 Å². The van der Waals surface area contributed by atoms with E-state index in [-0.39, 0.29) is 36.5 Å². The highest BCUT2D eigenvalue weighted by molar-refractivity contribution is 5.97. The molecule has 0 aliphatic carbocycles. The Balaban J connectivity index is 0.00000171. The van der Waals surface area contributed by atoms with E-state index in [0.717, 1.165) is 37.0 Å². The minimum atomic E-state index is -0.515. The second kappa shape index (κ2) is 10.9. The summed E-state index contributed by atoms with van der Waals surface area (Å²) in [7, 11) is 1.63. The Bertz CT molecular complexity index is 1020. The minimum Gasteiger partial charge on any atom is -0.384 e. The van der Waals surface area contributed by atoms with Gasteiger partial charge < -0.3 is 20.4 Å². The predicted molar refractivity (Wildman–Crippen MR) is 125 cm³/mol. The lowest BCUT2D eigenvalue weighted by Crippen LogP contribution is -2.47. The molecule has 2 aromatic carbocycles. The van der Waals surface area contributed by atoms with Gasteiger partial charge in [0.05, 0.1) is 23.1 Å². The van der Waals surface area contributed by atoms with Crippen molar-refractivity contribution in [2.75, 3.05) is 32.1 Å². The van der Waals surface area contributed by atoms with Gasteiger partial charge in [-0.3, -0.25) is 4.79 Å². The number of ether oxygens (including phenoxy) is 1. The van der Waals surface area contributed by atoms with Gasteiger partial charge in [0, 0.05) is 19.2 Å². The second-order valence-corrected chi connectivity index (χ2v) is 7.60. The van der Waals surface area contributed by atoms with Crippen LogP contribution >= 0.6 is 24.8 Å². The van der Waals surface area contributed by atoms with Crippen molar-refractivity contribution < 1.29 is 13.9 Å². The Labute approximate surface area is 193 Å². The molecule has 2 heterocycles. The largest absolute Gasteiger partial charge is 0.384 e. The van der Waals surface area contributed by atoms with Crippen molar-refractivity contribution in [1.82, 2.24) is 15.3 Å². The van der Waals surface area contributed by atoms with E-state index >= 15 is 0 Å². The van der Waals surface area contributed by atoms with E-state index in [2.05, 4.69) is 20.6 Å². The molecule has 1 amide bonds. The number of rotatable bonds is 6. The molecule has 3 N–H and O–H groups in total. The third kappa shape index (κ3) is 5.54. The molecular weight excluding hydrogens is 442 g/mol. The molecule has 1 fully saturated rings. The number of carbonyl (C=O) groups is 1. The number of hydrogen-bond donors (Lipinski definition) is 3. The predicted octanol–water partition coefficient (Wildman–Crippen LogP) is 4.09. The van der Waals surface area contributed by atoms with Gasteiger partial charge in [-0.05, 0) is 55.8 Å². The number of imidazole rings is 1. The molecule has 1 aliphatic heterocycles. The quantitative estimate of drug-likeness (QED) is 0.508. The number of aromatic amines is 1. The first kappa shape index (κ1) is 25.1. The maximum Gasteiger partial charge on any atom is 0.233 e. The summed E-state index contributed by atoms with van der Waals surface area (Å²) in [6.07, 6.45) is 1.87. The Kier molecular flexibility index (Phi) is 8.82. The minimum absolute atomic E-state index is 0. The lowest BCUT2D eigenvalue weighted by molar-refractivity contribution is -0.130. The van der Waals surface area contributed by atoms with Crippen LogP contribution in [0.15, 0.2) is 42.5 Å². The van der Waals surface area contributed by atoms with Crippen molar-refractivity contribution in [3.05, 3.63) is 59.7 Å². The van der Waals surface area contributed by atoms with E-state index in [1.165, 1.54) is 6.07 Å². The SMILES string of the molecule is COCC1(C(=O)Nc2ccc3nc(Cc4ccccc4F)[nH]c3c2)CCNCC1.Cl.Cl. The first-order chi connectivity index (χ1) is 14.1. The molecule has 6 nitrogen and oxygen atoms in total. The van der Waals surface area contributed by atoms with Crippen LogP contribution in [0.25, 0.3) is 11.0 Å². The van der Waals surface area contributed by atoms with Crippen molar-refractivity contribution in [3.8, 4) is 0 Å². The van der Waals surface area contributed by atoms with Crippen LogP contribution in [-0.4, -0.2) is 42.7 Å². The van der Waals surface area contributed by atoms with E-state index in [1.54, 1.807) is 19.2 Å². The zero-order chi connectivity index (χ0) is 20.3. The van der Waals surface area contributed by atoms with E-state index in [1.807, 2.05) is 24.3 Å². The first-order valence-corrected chi connectivity index (χ1v) is 9.83. The Morgan fingerprint density at radius 1 is 1.19 bits per heavy atom. The Morgan fingerprint density at radius 3 is 2.65 bits per heavy atom. The highest BCUT2D eigenvalue weighted by Crippen LogP contribution is 2.31. The second-order valence-electron chi connectivity index (χ2n) is 7.60. The number of nitrogens with zero attached hydrogens (tertiary/aromatic N) is 1. The smallest absolute Gasteiger partial charge is 0.233 e. The molecule has 3 aromatic rings. The molecule has 9 heteroatoms.